The van der Waals surface area contributed by atoms with E-state index >= 15 is 0 Å². The Hall–Kier alpha value is -3.10. The van der Waals surface area contributed by atoms with Crippen LogP contribution in [-0.2, 0) is 11.2 Å². The number of pyridine rings is 2. The highest BCUT2D eigenvalue weighted by Gasteiger charge is 2.44. The predicted molar refractivity (Wildman–Crippen MR) is 122 cm³/mol. The van der Waals surface area contributed by atoms with Crippen LogP contribution in [0.3, 0.4) is 0 Å². The summed E-state index contributed by atoms with van der Waals surface area (Å²) in [6.07, 6.45) is 13.1. The van der Waals surface area contributed by atoms with Crippen LogP contribution in [0.1, 0.15) is 48.4 Å². The van der Waals surface area contributed by atoms with Crippen LogP contribution in [0.25, 0.3) is 10.9 Å². The molecule has 5 heteroatoms. The normalized spacial score (nSPS) is 25.4. The van der Waals surface area contributed by atoms with Crippen LogP contribution < -0.4 is 5.73 Å². The minimum Gasteiger partial charge on any atom is -0.321 e. The molecule has 2 fully saturated rings. The second-order valence-electron chi connectivity index (χ2n) is 9.33. The molecule has 5 atom stereocenters. The molecule has 0 radical (unpaired) electrons. The molecule has 0 spiro atoms. The van der Waals surface area contributed by atoms with Crippen LogP contribution in [0.4, 0.5) is 4.39 Å². The number of nitrogens with two attached hydrogens (primary N) is 1. The van der Waals surface area contributed by atoms with Gasteiger partial charge in [0.2, 0.25) is 0 Å². The molecular weight excluding hydrogens is 401 g/mol. The standard InChI is InChI=1S/C27H26FN3O/c1-2-16-3-5-22(31-15-16)14-26(32)27(29)20-11-17-9-19(10-18(17)12-20)23-7-8-30-25-6-4-21(28)13-24(23)25/h1,3-8,13,15,17-20,27H,9-12,14,29H2/t17-,18+,19?,20?,27?. The summed E-state index contributed by atoms with van der Waals surface area (Å²) in [5.41, 5.74) is 9.86. The first-order valence-electron chi connectivity index (χ1n) is 11.3. The van der Waals surface area contributed by atoms with Gasteiger partial charge in [0.05, 0.1) is 18.0 Å². The number of halogens is 1. The maximum Gasteiger partial charge on any atom is 0.155 e. The third kappa shape index (κ3) is 3.91. The van der Waals surface area contributed by atoms with Crippen molar-refractivity contribution in [2.45, 2.75) is 44.1 Å². The highest BCUT2D eigenvalue weighted by Crippen LogP contribution is 2.53. The number of nitrogens with zero attached hydrogens (tertiary/aromatic N) is 2. The molecule has 3 aromatic rings. The average molecular weight is 428 g/mol. The summed E-state index contributed by atoms with van der Waals surface area (Å²) in [6, 6.07) is 10.0. The molecule has 2 aliphatic carbocycles. The molecule has 5 rings (SSSR count). The molecule has 2 aromatic heterocycles. The lowest BCUT2D eigenvalue weighted by Crippen LogP contribution is -2.38. The van der Waals surface area contributed by atoms with Gasteiger partial charge in [-0.05, 0) is 91.3 Å². The fourth-order valence-corrected chi connectivity index (χ4v) is 5.88. The summed E-state index contributed by atoms with van der Waals surface area (Å²) >= 11 is 0. The number of hydrogen-bond donors (Lipinski definition) is 1. The van der Waals surface area contributed by atoms with E-state index in [-0.39, 0.29) is 23.9 Å². The fraction of sp³-hybridized carbons (Fsp3) is 0.370. The molecule has 4 nitrogen and oxygen atoms in total. The van der Waals surface area contributed by atoms with Gasteiger partial charge in [0.15, 0.2) is 5.78 Å². The van der Waals surface area contributed by atoms with Crippen molar-refractivity contribution in [3.63, 3.8) is 0 Å². The lowest BCUT2D eigenvalue weighted by atomic mass is 9.87. The number of ketones is 1. The van der Waals surface area contributed by atoms with Crippen molar-refractivity contribution in [1.29, 1.82) is 0 Å². The quantitative estimate of drug-likeness (QED) is 0.613. The summed E-state index contributed by atoms with van der Waals surface area (Å²) in [7, 11) is 0. The molecule has 2 aliphatic rings. The van der Waals surface area contributed by atoms with Crippen LogP contribution >= 0.6 is 0 Å². The molecule has 32 heavy (non-hydrogen) atoms. The molecule has 162 valence electrons. The van der Waals surface area contributed by atoms with Gasteiger partial charge in [-0.1, -0.05) is 5.92 Å². The Morgan fingerprint density at radius 2 is 1.91 bits per heavy atom. The number of rotatable bonds is 5. The molecular formula is C27H26FN3O. The van der Waals surface area contributed by atoms with Crippen LogP contribution in [0.2, 0.25) is 0 Å². The Bertz CT molecular complexity index is 1190. The number of Topliss-reactive ketones (excluding diaryl/α,β-unsaturated/α-hetero) is 1. The van der Waals surface area contributed by atoms with E-state index in [0.29, 0.717) is 29.0 Å². The van der Waals surface area contributed by atoms with Crippen LogP contribution in [0, 0.1) is 35.9 Å². The zero-order valence-corrected chi connectivity index (χ0v) is 17.9. The predicted octanol–water partition coefficient (Wildman–Crippen LogP) is 4.41. The largest absolute Gasteiger partial charge is 0.321 e. The minimum absolute atomic E-state index is 0.0445. The second-order valence-corrected chi connectivity index (χ2v) is 9.33. The number of carbonyl (C=O) groups is 1. The molecule has 0 bridgehead atoms. The average Bonchev–Trinajstić information content (AvgIpc) is 3.38. The Balaban J connectivity index is 1.23. The maximum absolute atomic E-state index is 13.9. The molecule has 2 N–H and O–H groups in total. The summed E-state index contributed by atoms with van der Waals surface area (Å²) in [6.45, 7) is 0. The fourth-order valence-electron chi connectivity index (χ4n) is 5.88. The molecule has 3 unspecified atom stereocenters. The topological polar surface area (TPSA) is 68.9 Å². The van der Waals surface area contributed by atoms with Gasteiger partial charge in [-0.15, -0.1) is 6.42 Å². The van der Waals surface area contributed by atoms with Crippen molar-refractivity contribution in [3.05, 3.63) is 71.4 Å². The van der Waals surface area contributed by atoms with Crippen LogP contribution in [-0.4, -0.2) is 21.8 Å². The van der Waals surface area contributed by atoms with Crippen molar-refractivity contribution < 1.29 is 9.18 Å². The van der Waals surface area contributed by atoms with Gasteiger partial charge in [-0.2, -0.15) is 0 Å². The first-order chi connectivity index (χ1) is 15.5. The van der Waals surface area contributed by atoms with Crippen molar-refractivity contribution in [1.82, 2.24) is 9.97 Å². The van der Waals surface area contributed by atoms with E-state index in [1.54, 1.807) is 30.5 Å². The van der Waals surface area contributed by atoms with E-state index in [2.05, 4.69) is 15.9 Å². The minimum atomic E-state index is -0.455. The number of benzene rings is 1. The van der Waals surface area contributed by atoms with Gasteiger partial charge >= 0.3 is 0 Å². The number of aromatic nitrogens is 2. The highest BCUT2D eigenvalue weighted by atomic mass is 19.1. The number of carbonyl (C=O) groups excluding carboxylic acids is 1. The smallest absolute Gasteiger partial charge is 0.155 e. The Kier molecular flexibility index (Phi) is 5.48. The van der Waals surface area contributed by atoms with Gasteiger partial charge in [-0.3, -0.25) is 14.8 Å². The van der Waals surface area contributed by atoms with E-state index in [0.717, 1.165) is 36.6 Å². The molecule has 0 amide bonds. The van der Waals surface area contributed by atoms with Crippen LogP contribution in [0.5, 0.6) is 0 Å². The first-order valence-corrected chi connectivity index (χ1v) is 11.3. The molecule has 1 aromatic carbocycles. The van der Waals surface area contributed by atoms with E-state index in [1.165, 1.54) is 11.6 Å². The van der Waals surface area contributed by atoms with E-state index in [1.807, 2.05) is 12.3 Å². The van der Waals surface area contributed by atoms with Crippen molar-refractivity contribution in [2.24, 2.45) is 23.5 Å². The zero-order chi connectivity index (χ0) is 22.2. The SMILES string of the molecule is C#Cc1ccc(CC(=O)C(N)C2C[C@H]3CC(c4ccnc5ccc(F)cc45)C[C@H]3C2)nc1. The van der Waals surface area contributed by atoms with Gasteiger partial charge in [0, 0.05) is 29.0 Å². The number of terminal acetylenes is 1. The highest BCUT2D eigenvalue weighted by molar-refractivity contribution is 5.86. The molecule has 2 heterocycles. The number of fused-ring (bicyclic) bond motifs is 2. The van der Waals surface area contributed by atoms with Crippen molar-refractivity contribution in [2.75, 3.05) is 0 Å². The summed E-state index contributed by atoms with van der Waals surface area (Å²) < 4.78 is 13.9. The van der Waals surface area contributed by atoms with Gasteiger partial charge in [-0.25, -0.2) is 4.39 Å². The van der Waals surface area contributed by atoms with Crippen molar-refractivity contribution >= 4 is 16.7 Å². The summed E-state index contributed by atoms with van der Waals surface area (Å²) in [5.74, 6) is 4.10. The van der Waals surface area contributed by atoms with E-state index < -0.39 is 6.04 Å². The third-order valence-corrected chi connectivity index (χ3v) is 7.46. The third-order valence-electron chi connectivity index (χ3n) is 7.46. The first kappa shape index (κ1) is 20.8. The monoisotopic (exact) mass is 427 g/mol. The summed E-state index contributed by atoms with van der Waals surface area (Å²) in [4.78, 5) is 21.5. The maximum atomic E-state index is 13.9. The van der Waals surface area contributed by atoms with Crippen molar-refractivity contribution in [3.8, 4) is 12.3 Å². The number of hydrogen-bond acceptors (Lipinski definition) is 4. The van der Waals surface area contributed by atoms with E-state index in [4.69, 9.17) is 12.2 Å². The van der Waals surface area contributed by atoms with Crippen LogP contribution in [0.15, 0.2) is 48.8 Å². The second kappa shape index (κ2) is 8.44. The lowest BCUT2D eigenvalue weighted by Gasteiger charge is -2.21. The lowest BCUT2D eigenvalue weighted by molar-refractivity contribution is -0.120. The zero-order valence-electron chi connectivity index (χ0n) is 17.9. The van der Waals surface area contributed by atoms with E-state index in [9.17, 15) is 9.18 Å². The Labute approximate surface area is 187 Å². The van der Waals surface area contributed by atoms with Gasteiger partial charge < -0.3 is 5.73 Å². The van der Waals surface area contributed by atoms with Gasteiger partial charge in [0.25, 0.3) is 0 Å². The molecule has 2 saturated carbocycles. The molecule has 0 aliphatic heterocycles. The molecule has 0 saturated heterocycles. The van der Waals surface area contributed by atoms with Gasteiger partial charge in [0.1, 0.15) is 5.82 Å². The summed E-state index contributed by atoms with van der Waals surface area (Å²) in [5, 5.41) is 0.921. The Morgan fingerprint density at radius 1 is 1.12 bits per heavy atom. The Morgan fingerprint density at radius 3 is 2.59 bits per heavy atom.